The molecule has 96 valence electrons. The van der Waals surface area contributed by atoms with Gasteiger partial charge < -0.3 is 4.90 Å². The van der Waals surface area contributed by atoms with Crippen LogP contribution in [0.3, 0.4) is 0 Å². The van der Waals surface area contributed by atoms with E-state index in [1.807, 2.05) is 0 Å². The third-order valence-electron chi connectivity index (χ3n) is 4.08. The van der Waals surface area contributed by atoms with Crippen molar-refractivity contribution in [1.29, 1.82) is 0 Å². The first-order chi connectivity index (χ1) is 8.25. The minimum absolute atomic E-state index is 0.191. The van der Waals surface area contributed by atoms with E-state index in [1.54, 1.807) is 4.90 Å². The lowest BCUT2D eigenvalue weighted by Crippen LogP contribution is -2.40. The highest BCUT2D eigenvalue weighted by Gasteiger charge is 2.21. The van der Waals surface area contributed by atoms with Crippen LogP contribution in [0, 0.1) is 5.92 Å². The molecule has 0 radical (unpaired) electrons. The Bertz CT molecular complexity index is 282. The van der Waals surface area contributed by atoms with Crippen molar-refractivity contribution in [3.63, 3.8) is 0 Å². The van der Waals surface area contributed by atoms with Gasteiger partial charge in [0.05, 0.1) is 6.54 Å². The molecule has 1 heterocycles. The third kappa shape index (κ3) is 3.83. The number of piperidine rings is 1. The molecule has 1 amide bonds. The molecule has 3 nitrogen and oxygen atoms in total. The fourth-order valence-electron chi connectivity index (χ4n) is 3.05. The van der Waals surface area contributed by atoms with Crippen molar-refractivity contribution in [1.82, 2.24) is 4.90 Å². The molecule has 1 saturated heterocycles. The summed E-state index contributed by atoms with van der Waals surface area (Å²) in [5.74, 6) is 1.28. The van der Waals surface area contributed by atoms with Gasteiger partial charge in [0, 0.05) is 19.4 Å². The Kier molecular flexibility index (Phi) is 4.57. The van der Waals surface area contributed by atoms with Gasteiger partial charge in [-0.15, -0.1) is 0 Å². The summed E-state index contributed by atoms with van der Waals surface area (Å²) in [5.41, 5.74) is 0. The van der Waals surface area contributed by atoms with Gasteiger partial charge in [0.2, 0.25) is 5.91 Å². The van der Waals surface area contributed by atoms with E-state index in [4.69, 9.17) is 0 Å². The van der Waals surface area contributed by atoms with E-state index in [2.05, 4.69) is 0 Å². The van der Waals surface area contributed by atoms with Crippen molar-refractivity contribution in [2.45, 2.75) is 57.8 Å². The molecule has 0 aromatic heterocycles. The molecule has 0 aromatic rings. The summed E-state index contributed by atoms with van der Waals surface area (Å²) in [6.07, 6.45) is 9.83. The van der Waals surface area contributed by atoms with Gasteiger partial charge in [-0.25, -0.2) is 0 Å². The van der Waals surface area contributed by atoms with Crippen molar-refractivity contribution in [3.8, 4) is 0 Å². The monoisotopic (exact) mass is 237 g/mol. The zero-order chi connectivity index (χ0) is 12.1. The van der Waals surface area contributed by atoms with Crippen LogP contribution in [-0.4, -0.2) is 29.7 Å². The number of hydrogen-bond donors (Lipinski definition) is 0. The van der Waals surface area contributed by atoms with Crippen LogP contribution in [0.25, 0.3) is 0 Å². The highest BCUT2D eigenvalue weighted by atomic mass is 16.2. The lowest BCUT2D eigenvalue weighted by atomic mass is 10.00. The second-order valence-electron chi connectivity index (χ2n) is 5.50. The molecular weight excluding hydrogens is 214 g/mol. The molecule has 1 aliphatic carbocycles. The largest absolute Gasteiger partial charge is 0.335 e. The quantitative estimate of drug-likeness (QED) is 0.753. The van der Waals surface area contributed by atoms with Crippen LogP contribution in [0.15, 0.2) is 0 Å². The van der Waals surface area contributed by atoms with Crippen LogP contribution in [0.2, 0.25) is 0 Å². The zero-order valence-corrected chi connectivity index (χ0v) is 10.6. The molecule has 2 aliphatic rings. The average molecular weight is 237 g/mol. The summed E-state index contributed by atoms with van der Waals surface area (Å²) in [7, 11) is 0. The van der Waals surface area contributed by atoms with Gasteiger partial charge in [0.1, 0.15) is 0 Å². The lowest BCUT2D eigenvalue weighted by molar-refractivity contribution is -0.137. The van der Waals surface area contributed by atoms with Gasteiger partial charge in [0.25, 0.3) is 0 Å². The maximum Gasteiger partial charge on any atom is 0.222 e. The Hall–Kier alpha value is -0.860. The molecule has 0 atom stereocenters. The first kappa shape index (κ1) is 12.6. The normalized spacial score (nSPS) is 22.1. The summed E-state index contributed by atoms with van der Waals surface area (Å²) >= 11 is 0. The number of carbonyl (C=O) groups excluding carboxylic acids is 2. The first-order valence-corrected chi connectivity index (χ1v) is 7.05. The number of likely N-dealkylation sites (tertiary alicyclic amines) is 1. The highest BCUT2D eigenvalue weighted by molar-refractivity contribution is 5.87. The fraction of sp³-hybridized carbons (Fsp3) is 0.857. The van der Waals surface area contributed by atoms with Crippen molar-refractivity contribution < 1.29 is 9.59 Å². The van der Waals surface area contributed by atoms with E-state index in [9.17, 15) is 9.59 Å². The Balaban J connectivity index is 1.64. The van der Waals surface area contributed by atoms with Crippen LogP contribution in [0.1, 0.15) is 57.8 Å². The van der Waals surface area contributed by atoms with E-state index in [-0.39, 0.29) is 11.7 Å². The van der Waals surface area contributed by atoms with Gasteiger partial charge in [-0.2, -0.15) is 0 Å². The molecule has 3 heteroatoms. The molecule has 0 aromatic carbocycles. The summed E-state index contributed by atoms with van der Waals surface area (Å²) in [5, 5.41) is 0. The first-order valence-electron chi connectivity index (χ1n) is 7.05. The Morgan fingerprint density at radius 3 is 2.71 bits per heavy atom. The van der Waals surface area contributed by atoms with Gasteiger partial charge in [-0.3, -0.25) is 9.59 Å². The van der Waals surface area contributed by atoms with Crippen molar-refractivity contribution in [2.75, 3.05) is 13.1 Å². The SMILES string of the molecule is O=C1CCCN(C(=O)CCCC2CCCC2)C1. The van der Waals surface area contributed by atoms with Crippen molar-refractivity contribution in [2.24, 2.45) is 5.92 Å². The van der Waals surface area contributed by atoms with Crippen LogP contribution in [-0.2, 0) is 9.59 Å². The summed E-state index contributed by atoms with van der Waals surface area (Å²) in [6.45, 7) is 1.15. The molecule has 0 bridgehead atoms. The molecule has 17 heavy (non-hydrogen) atoms. The number of hydrogen-bond acceptors (Lipinski definition) is 2. The summed E-state index contributed by atoms with van der Waals surface area (Å²) in [4.78, 5) is 24.9. The zero-order valence-electron chi connectivity index (χ0n) is 10.6. The van der Waals surface area contributed by atoms with Gasteiger partial charge in [0.15, 0.2) is 5.78 Å². The van der Waals surface area contributed by atoms with E-state index < -0.39 is 0 Å². The second-order valence-corrected chi connectivity index (χ2v) is 5.50. The van der Waals surface area contributed by atoms with Crippen LogP contribution >= 0.6 is 0 Å². The molecule has 2 rings (SSSR count). The second kappa shape index (κ2) is 6.18. The smallest absolute Gasteiger partial charge is 0.222 e. The standard InChI is InChI=1S/C14H23NO2/c16-13-8-4-10-15(11-13)14(17)9-3-7-12-5-1-2-6-12/h12H,1-11H2. The Morgan fingerprint density at radius 1 is 1.24 bits per heavy atom. The molecule has 1 saturated carbocycles. The molecule has 0 spiro atoms. The van der Waals surface area contributed by atoms with Gasteiger partial charge in [-0.05, 0) is 25.2 Å². The van der Waals surface area contributed by atoms with E-state index >= 15 is 0 Å². The lowest BCUT2D eigenvalue weighted by Gasteiger charge is -2.26. The Labute approximate surface area is 104 Å². The van der Waals surface area contributed by atoms with Gasteiger partial charge in [-0.1, -0.05) is 25.7 Å². The predicted molar refractivity (Wildman–Crippen MR) is 66.6 cm³/mol. The van der Waals surface area contributed by atoms with E-state index in [0.29, 0.717) is 19.4 Å². The number of carbonyl (C=O) groups is 2. The molecule has 0 N–H and O–H groups in total. The summed E-state index contributed by atoms with van der Waals surface area (Å²) in [6, 6.07) is 0. The number of ketones is 1. The van der Waals surface area contributed by atoms with Crippen LogP contribution in [0.5, 0.6) is 0 Å². The number of Topliss-reactive ketones (excluding diaryl/α,β-unsaturated/α-hetero) is 1. The molecule has 2 fully saturated rings. The number of rotatable bonds is 4. The van der Waals surface area contributed by atoms with Gasteiger partial charge >= 0.3 is 0 Å². The van der Waals surface area contributed by atoms with Crippen LogP contribution < -0.4 is 0 Å². The molecule has 1 aliphatic heterocycles. The topological polar surface area (TPSA) is 37.4 Å². The Morgan fingerprint density at radius 2 is 2.00 bits per heavy atom. The summed E-state index contributed by atoms with van der Waals surface area (Å²) < 4.78 is 0. The molecule has 0 unspecified atom stereocenters. The number of amides is 1. The van der Waals surface area contributed by atoms with E-state index in [1.165, 1.54) is 32.1 Å². The molecular formula is C14H23NO2. The van der Waals surface area contributed by atoms with Crippen molar-refractivity contribution >= 4 is 11.7 Å². The minimum atomic E-state index is 0.191. The third-order valence-corrected chi connectivity index (χ3v) is 4.08. The maximum absolute atomic E-state index is 11.9. The number of nitrogens with zero attached hydrogens (tertiary/aromatic N) is 1. The fourth-order valence-corrected chi connectivity index (χ4v) is 3.05. The minimum Gasteiger partial charge on any atom is -0.335 e. The average Bonchev–Trinajstić information content (AvgIpc) is 2.82. The van der Waals surface area contributed by atoms with E-state index in [0.717, 1.165) is 25.3 Å². The van der Waals surface area contributed by atoms with Crippen LogP contribution in [0.4, 0.5) is 0 Å². The highest BCUT2D eigenvalue weighted by Crippen LogP contribution is 2.29. The van der Waals surface area contributed by atoms with Crippen molar-refractivity contribution in [3.05, 3.63) is 0 Å². The maximum atomic E-state index is 11.9. The predicted octanol–water partition coefficient (Wildman–Crippen LogP) is 2.54.